The Labute approximate surface area is 109 Å². The maximum Gasteiger partial charge on any atom is 0.0118 e. The summed E-state index contributed by atoms with van der Waals surface area (Å²) in [6, 6.07) is 0.677. The lowest BCUT2D eigenvalue weighted by Gasteiger charge is -2.34. The third-order valence-electron chi connectivity index (χ3n) is 3.90. The second-order valence-electron chi connectivity index (χ2n) is 5.78. The molecule has 0 aliphatic carbocycles. The van der Waals surface area contributed by atoms with Crippen LogP contribution in [-0.2, 0) is 0 Å². The van der Waals surface area contributed by atoms with Crippen molar-refractivity contribution in [2.24, 2.45) is 5.41 Å². The fourth-order valence-electron chi connectivity index (χ4n) is 2.15. The number of hydrogen-bond acceptors (Lipinski definition) is 1. The van der Waals surface area contributed by atoms with Crippen molar-refractivity contribution in [1.82, 2.24) is 5.32 Å². The minimum atomic E-state index is 0.424. The molecule has 0 spiro atoms. The van der Waals surface area contributed by atoms with Gasteiger partial charge in [-0.1, -0.05) is 46.6 Å². The fraction of sp³-hybridized carbons (Fsp3) is 0.875. The first-order valence-electron chi connectivity index (χ1n) is 7.42. The van der Waals surface area contributed by atoms with Crippen LogP contribution >= 0.6 is 0 Å². The summed E-state index contributed by atoms with van der Waals surface area (Å²) in [6.07, 6.45) is 11.0. The van der Waals surface area contributed by atoms with Crippen molar-refractivity contribution in [3.05, 3.63) is 12.7 Å². The fourth-order valence-corrected chi connectivity index (χ4v) is 2.15. The van der Waals surface area contributed by atoms with Crippen molar-refractivity contribution in [3.63, 3.8) is 0 Å². The highest BCUT2D eigenvalue weighted by atomic mass is 14.9. The first-order chi connectivity index (χ1) is 8.08. The van der Waals surface area contributed by atoms with Crippen LogP contribution in [0.2, 0.25) is 0 Å². The molecular formula is C16H33N. The Kier molecular flexibility index (Phi) is 9.53. The zero-order valence-electron chi connectivity index (χ0n) is 12.5. The molecule has 0 aromatic carbocycles. The SMILES string of the molecule is C=CCCCCCC(NCCC)C(C)(C)CC. The molecule has 1 atom stereocenters. The zero-order valence-corrected chi connectivity index (χ0v) is 12.5. The highest BCUT2D eigenvalue weighted by Crippen LogP contribution is 2.28. The van der Waals surface area contributed by atoms with Crippen LogP contribution in [0.25, 0.3) is 0 Å². The van der Waals surface area contributed by atoms with Gasteiger partial charge in [0.15, 0.2) is 0 Å². The van der Waals surface area contributed by atoms with Gasteiger partial charge in [0.2, 0.25) is 0 Å². The van der Waals surface area contributed by atoms with E-state index in [1.165, 1.54) is 44.9 Å². The van der Waals surface area contributed by atoms with Crippen LogP contribution in [0.1, 0.15) is 72.6 Å². The number of allylic oxidation sites excluding steroid dienone is 1. The average molecular weight is 239 g/mol. The molecule has 0 aromatic heterocycles. The van der Waals surface area contributed by atoms with Gasteiger partial charge in [-0.2, -0.15) is 0 Å². The van der Waals surface area contributed by atoms with Crippen LogP contribution in [0, 0.1) is 5.41 Å². The first-order valence-corrected chi connectivity index (χ1v) is 7.42. The minimum Gasteiger partial charge on any atom is -0.313 e. The maximum atomic E-state index is 3.77. The number of unbranched alkanes of at least 4 members (excludes halogenated alkanes) is 3. The van der Waals surface area contributed by atoms with Gasteiger partial charge in [-0.15, -0.1) is 6.58 Å². The van der Waals surface area contributed by atoms with Gasteiger partial charge >= 0.3 is 0 Å². The molecular weight excluding hydrogens is 206 g/mol. The number of nitrogens with one attached hydrogen (secondary N) is 1. The molecule has 0 heterocycles. The van der Waals surface area contributed by atoms with Gasteiger partial charge in [-0.05, 0) is 44.1 Å². The summed E-state index contributed by atoms with van der Waals surface area (Å²) in [4.78, 5) is 0. The smallest absolute Gasteiger partial charge is 0.0118 e. The molecule has 0 radical (unpaired) electrons. The molecule has 0 saturated carbocycles. The lowest BCUT2D eigenvalue weighted by atomic mass is 9.79. The zero-order chi connectivity index (χ0) is 13.1. The van der Waals surface area contributed by atoms with E-state index in [9.17, 15) is 0 Å². The average Bonchev–Trinajstić information content (AvgIpc) is 2.32. The molecule has 1 unspecified atom stereocenters. The Morgan fingerprint density at radius 3 is 2.41 bits per heavy atom. The van der Waals surface area contributed by atoms with Crippen molar-refractivity contribution < 1.29 is 0 Å². The van der Waals surface area contributed by atoms with Crippen LogP contribution in [0.3, 0.4) is 0 Å². The van der Waals surface area contributed by atoms with Crippen LogP contribution in [0.4, 0.5) is 0 Å². The summed E-state index contributed by atoms with van der Waals surface area (Å²) < 4.78 is 0. The largest absolute Gasteiger partial charge is 0.313 e. The third kappa shape index (κ3) is 7.59. The predicted octanol–water partition coefficient (Wildman–Crippen LogP) is 4.93. The van der Waals surface area contributed by atoms with E-state index in [-0.39, 0.29) is 0 Å². The van der Waals surface area contributed by atoms with Crippen molar-refractivity contribution in [1.29, 1.82) is 0 Å². The van der Waals surface area contributed by atoms with E-state index in [1.54, 1.807) is 0 Å². The predicted molar refractivity (Wildman–Crippen MR) is 79.4 cm³/mol. The molecule has 17 heavy (non-hydrogen) atoms. The maximum absolute atomic E-state index is 3.77. The van der Waals surface area contributed by atoms with Gasteiger partial charge in [0, 0.05) is 6.04 Å². The molecule has 0 fully saturated rings. The summed E-state index contributed by atoms with van der Waals surface area (Å²) in [5, 5.41) is 3.73. The van der Waals surface area contributed by atoms with Gasteiger partial charge in [-0.25, -0.2) is 0 Å². The van der Waals surface area contributed by atoms with Gasteiger partial charge in [-0.3, -0.25) is 0 Å². The summed E-state index contributed by atoms with van der Waals surface area (Å²) >= 11 is 0. The van der Waals surface area contributed by atoms with Crippen molar-refractivity contribution in [3.8, 4) is 0 Å². The summed E-state index contributed by atoms with van der Waals surface area (Å²) in [5.74, 6) is 0. The number of hydrogen-bond donors (Lipinski definition) is 1. The van der Waals surface area contributed by atoms with E-state index in [0.717, 1.165) is 6.54 Å². The molecule has 0 aliphatic rings. The lowest BCUT2D eigenvalue weighted by Crippen LogP contribution is -2.42. The highest BCUT2D eigenvalue weighted by molar-refractivity contribution is 4.83. The number of rotatable bonds is 11. The van der Waals surface area contributed by atoms with Crippen LogP contribution in [-0.4, -0.2) is 12.6 Å². The van der Waals surface area contributed by atoms with E-state index in [2.05, 4.69) is 39.6 Å². The molecule has 1 N–H and O–H groups in total. The topological polar surface area (TPSA) is 12.0 Å². The second kappa shape index (κ2) is 9.70. The van der Waals surface area contributed by atoms with Gasteiger partial charge in [0.25, 0.3) is 0 Å². The third-order valence-corrected chi connectivity index (χ3v) is 3.90. The van der Waals surface area contributed by atoms with Crippen molar-refractivity contribution >= 4 is 0 Å². The molecule has 0 aliphatic heterocycles. The van der Waals surface area contributed by atoms with Crippen LogP contribution in [0.5, 0.6) is 0 Å². The highest BCUT2D eigenvalue weighted by Gasteiger charge is 2.26. The van der Waals surface area contributed by atoms with Crippen molar-refractivity contribution in [2.45, 2.75) is 78.7 Å². The Hall–Kier alpha value is -0.300. The van der Waals surface area contributed by atoms with E-state index in [4.69, 9.17) is 0 Å². The first kappa shape index (κ1) is 16.7. The van der Waals surface area contributed by atoms with E-state index in [0.29, 0.717) is 11.5 Å². The van der Waals surface area contributed by atoms with Gasteiger partial charge in [0.1, 0.15) is 0 Å². The molecule has 0 saturated heterocycles. The summed E-state index contributed by atoms with van der Waals surface area (Å²) in [5.41, 5.74) is 0.424. The Morgan fingerprint density at radius 2 is 1.88 bits per heavy atom. The molecule has 0 aromatic rings. The molecule has 0 rings (SSSR count). The quantitative estimate of drug-likeness (QED) is 0.398. The molecule has 1 heteroatoms. The summed E-state index contributed by atoms with van der Waals surface area (Å²) in [7, 11) is 0. The van der Waals surface area contributed by atoms with Crippen LogP contribution < -0.4 is 5.32 Å². The lowest BCUT2D eigenvalue weighted by molar-refractivity contribution is 0.216. The van der Waals surface area contributed by atoms with E-state index >= 15 is 0 Å². The Balaban J connectivity index is 3.97. The molecule has 1 nitrogen and oxygen atoms in total. The normalized spacial score (nSPS) is 13.6. The second-order valence-corrected chi connectivity index (χ2v) is 5.78. The Bertz CT molecular complexity index is 184. The summed E-state index contributed by atoms with van der Waals surface area (Å²) in [6.45, 7) is 14.3. The van der Waals surface area contributed by atoms with E-state index < -0.39 is 0 Å². The standard InChI is InChI=1S/C16H33N/c1-6-9-10-11-12-13-15(17-14-7-2)16(4,5)8-3/h6,15,17H,1,7-14H2,2-5H3. The van der Waals surface area contributed by atoms with E-state index in [1.807, 2.05) is 6.08 Å². The molecule has 0 amide bonds. The van der Waals surface area contributed by atoms with Gasteiger partial charge in [0.05, 0.1) is 0 Å². The van der Waals surface area contributed by atoms with Gasteiger partial charge < -0.3 is 5.32 Å². The molecule has 102 valence electrons. The monoisotopic (exact) mass is 239 g/mol. The Morgan fingerprint density at radius 1 is 1.18 bits per heavy atom. The molecule has 0 bridgehead atoms. The van der Waals surface area contributed by atoms with Crippen LogP contribution in [0.15, 0.2) is 12.7 Å². The van der Waals surface area contributed by atoms with Crippen molar-refractivity contribution in [2.75, 3.05) is 6.54 Å². The minimum absolute atomic E-state index is 0.424.